The molecule has 0 aliphatic heterocycles. The van der Waals surface area contributed by atoms with Crippen LogP contribution in [0.4, 0.5) is 17.1 Å². The van der Waals surface area contributed by atoms with Crippen LogP contribution < -0.4 is 4.90 Å². The van der Waals surface area contributed by atoms with Crippen LogP contribution in [-0.2, 0) is 0 Å². The van der Waals surface area contributed by atoms with E-state index in [-0.39, 0.29) is 46.7 Å². The average molecular weight is 722 g/mol. The highest BCUT2D eigenvalue weighted by Gasteiger charge is 2.21. The number of fused-ring (bicyclic) bond motifs is 7. The fourth-order valence-corrected chi connectivity index (χ4v) is 7.86. The van der Waals surface area contributed by atoms with E-state index in [1.807, 2.05) is 133 Å². The monoisotopic (exact) mass is 721 g/mol. The van der Waals surface area contributed by atoms with Crippen molar-refractivity contribution in [2.45, 2.75) is 0 Å². The van der Waals surface area contributed by atoms with E-state index in [9.17, 15) is 11.0 Å². The summed E-state index contributed by atoms with van der Waals surface area (Å²) in [5, 5.41) is 6.98. The molecule has 11 rings (SSSR count). The average Bonchev–Trinajstić information content (AvgIpc) is 3.72. The molecule has 0 bridgehead atoms. The zero-order valence-corrected chi connectivity index (χ0v) is 29.9. The Morgan fingerprint density at radius 3 is 1.71 bits per heavy atom. The summed E-state index contributed by atoms with van der Waals surface area (Å²) in [6.45, 7) is 0. The summed E-state index contributed by atoms with van der Waals surface area (Å²) in [6, 6.07) is 48.8. The van der Waals surface area contributed by atoms with Crippen molar-refractivity contribution < 1.29 is 15.4 Å². The van der Waals surface area contributed by atoms with Gasteiger partial charge in [-0.2, -0.15) is 0 Å². The third kappa shape index (κ3) is 5.42. The number of anilines is 3. The molecule has 1 heterocycles. The molecule has 11 aromatic rings. The number of hydrogen-bond acceptors (Lipinski definition) is 2. The third-order valence-corrected chi connectivity index (χ3v) is 10.6. The minimum atomic E-state index is -0.419. The van der Waals surface area contributed by atoms with E-state index in [4.69, 9.17) is 4.42 Å². The Hall–Kier alpha value is -7.42. The highest BCUT2D eigenvalue weighted by atomic mass is 16.3. The second-order valence-electron chi connectivity index (χ2n) is 13.9. The maximum atomic E-state index is 9.75. The van der Waals surface area contributed by atoms with Gasteiger partial charge >= 0.3 is 0 Å². The van der Waals surface area contributed by atoms with E-state index >= 15 is 0 Å². The Morgan fingerprint density at radius 2 is 0.946 bits per heavy atom. The summed E-state index contributed by atoms with van der Waals surface area (Å²) in [6.07, 6.45) is 0. The lowest BCUT2D eigenvalue weighted by molar-refractivity contribution is 0.672. The molecule has 0 atom stereocenters. The van der Waals surface area contributed by atoms with Gasteiger partial charge in [-0.3, -0.25) is 0 Å². The van der Waals surface area contributed by atoms with Crippen molar-refractivity contribution in [2.75, 3.05) is 4.90 Å². The standard InChI is InChI=1S/C54H35NO/c1-2-13-41-34-43(23-22-36(41)10-1)38-26-31-46(32-27-38)55(51-20-9-21-52-53(51)50-33-28-40-12-4-6-18-49(40)54(50)56-52)45-29-24-37(25-30-45)42-15-7-16-44(35-42)48-19-8-14-39-11-3-5-17-47(39)48/h1-35H/i24D,25D,26D,27D,29D,30D,31D,32D. The van der Waals surface area contributed by atoms with Crippen molar-refractivity contribution in [1.29, 1.82) is 0 Å². The number of benzene rings is 10. The Kier molecular flexibility index (Phi) is 5.83. The number of nitrogens with zero attached hydrogens (tertiary/aromatic N) is 1. The summed E-state index contributed by atoms with van der Waals surface area (Å²) >= 11 is 0. The Morgan fingerprint density at radius 1 is 0.375 bits per heavy atom. The predicted molar refractivity (Wildman–Crippen MR) is 237 cm³/mol. The van der Waals surface area contributed by atoms with Gasteiger partial charge in [0, 0.05) is 22.1 Å². The van der Waals surface area contributed by atoms with Gasteiger partial charge in [-0.1, -0.05) is 158 Å². The molecule has 262 valence electrons. The van der Waals surface area contributed by atoms with Gasteiger partial charge in [-0.05, 0) is 115 Å². The predicted octanol–water partition coefficient (Wildman–Crippen LogP) is 15.5. The summed E-state index contributed by atoms with van der Waals surface area (Å²) < 4.78 is 83.5. The van der Waals surface area contributed by atoms with Gasteiger partial charge in [0.15, 0.2) is 0 Å². The van der Waals surface area contributed by atoms with E-state index in [0.29, 0.717) is 38.8 Å². The summed E-state index contributed by atoms with van der Waals surface area (Å²) in [7, 11) is 0. The van der Waals surface area contributed by atoms with Gasteiger partial charge in [-0.15, -0.1) is 0 Å². The Labute approximate surface area is 336 Å². The second-order valence-corrected chi connectivity index (χ2v) is 13.9. The summed E-state index contributed by atoms with van der Waals surface area (Å²) in [5.74, 6) is 0. The van der Waals surface area contributed by atoms with Gasteiger partial charge in [-0.25, -0.2) is 0 Å². The van der Waals surface area contributed by atoms with Crippen LogP contribution in [0.15, 0.2) is 217 Å². The summed E-state index contributed by atoms with van der Waals surface area (Å²) in [4.78, 5) is 1.37. The van der Waals surface area contributed by atoms with Gasteiger partial charge in [0.05, 0.1) is 22.0 Å². The fourth-order valence-electron chi connectivity index (χ4n) is 7.86. The first-order valence-electron chi connectivity index (χ1n) is 22.5. The largest absolute Gasteiger partial charge is 0.455 e. The normalized spacial score (nSPS) is 13.6. The molecule has 0 fully saturated rings. The van der Waals surface area contributed by atoms with Gasteiger partial charge in [0.2, 0.25) is 0 Å². The van der Waals surface area contributed by atoms with E-state index in [1.165, 1.54) is 4.90 Å². The zero-order valence-electron chi connectivity index (χ0n) is 37.9. The van der Waals surface area contributed by atoms with Crippen molar-refractivity contribution in [3.63, 3.8) is 0 Å². The van der Waals surface area contributed by atoms with E-state index in [2.05, 4.69) is 0 Å². The lowest BCUT2D eigenvalue weighted by atomic mass is 9.95. The van der Waals surface area contributed by atoms with E-state index in [1.54, 1.807) is 30.3 Å². The van der Waals surface area contributed by atoms with Gasteiger partial charge in [0.25, 0.3) is 0 Å². The topological polar surface area (TPSA) is 16.4 Å². The van der Waals surface area contributed by atoms with Crippen LogP contribution in [0.5, 0.6) is 0 Å². The van der Waals surface area contributed by atoms with Crippen LogP contribution >= 0.6 is 0 Å². The molecular weight excluding hydrogens is 679 g/mol. The maximum absolute atomic E-state index is 9.75. The number of rotatable bonds is 6. The smallest absolute Gasteiger partial charge is 0.143 e. The fraction of sp³-hybridized carbons (Fsp3) is 0. The number of hydrogen-bond donors (Lipinski definition) is 0. The first kappa shape index (κ1) is 24.8. The van der Waals surface area contributed by atoms with Crippen LogP contribution in [-0.4, -0.2) is 0 Å². The first-order valence-corrected chi connectivity index (χ1v) is 18.5. The molecule has 56 heavy (non-hydrogen) atoms. The van der Waals surface area contributed by atoms with E-state index < -0.39 is 24.2 Å². The molecule has 0 spiro atoms. The van der Waals surface area contributed by atoms with Crippen LogP contribution in [0.25, 0.3) is 87.6 Å². The quantitative estimate of drug-likeness (QED) is 0.170. The molecule has 0 amide bonds. The van der Waals surface area contributed by atoms with Crippen LogP contribution in [0.2, 0.25) is 0 Å². The van der Waals surface area contributed by atoms with Crippen molar-refractivity contribution in [2.24, 2.45) is 0 Å². The van der Waals surface area contributed by atoms with Gasteiger partial charge in [0.1, 0.15) is 11.2 Å². The first-order chi connectivity index (χ1) is 31.1. The molecule has 1 aromatic heterocycles. The molecule has 2 nitrogen and oxygen atoms in total. The highest BCUT2D eigenvalue weighted by Crippen LogP contribution is 2.45. The van der Waals surface area contributed by atoms with Crippen LogP contribution in [0.1, 0.15) is 11.0 Å². The Balaban J connectivity index is 1.18. The molecule has 0 saturated heterocycles. The van der Waals surface area contributed by atoms with Crippen LogP contribution in [0, 0.1) is 0 Å². The number of furan rings is 1. The lowest BCUT2D eigenvalue weighted by Gasteiger charge is -2.26. The lowest BCUT2D eigenvalue weighted by Crippen LogP contribution is -2.10. The van der Waals surface area contributed by atoms with Crippen LogP contribution in [0.3, 0.4) is 0 Å². The molecule has 0 radical (unpaired) electrons. The Bertz CT molecular complexity index is 3680. The molecule has 0 aliphatic rings. The maximum Gasteiger partial charge on any atom is 0.143 e. The molecule has 0 saturated carbocycles. The molecule has 0 aliphatic carbocycles. The molecule has 10 aromatic carbocycles. The SMILES string of the molecule is [2H]c1c([2H])c(N(c2c([2H])c([2H])c(-c3ccc4ccccc4c3)c([2H])c2[2H])c2cccc3oc4c5ccccc5ccc4c23)c([2H])c([2H])c1-c1cccc(-c2cccc3ccccc23)c1. The van der Waals surface area contributed by atoms with Crippen molar-refractivity contribution in [1.82, 2.24) is 0 Å². The molecular formula is C54H35NO. The van der Waals surface area contributed by atoms with E-state index in [0.717, 1.165) is 43.4 Å². The van der Waals surface area contributed by atoms with Crippen molar-refractivity contribution >= 4 is 71.3 Å². The summed E-state index contributed by atoms with van der Waals surface area (Å²) in [5.41, 5.74) is 3.87. The minimum absolute atomic E-state index is 0.0884. The third-order valence-electron chi connectivity index (χ3n) is 10.6. The van der Waals surface area contributed by atoms with Crippen molar-refractivity contribution in [3.05, 3.63) is 212 Å². The minimum Gasteiger partial charge on any atom is -0.455 e. The molecule has 0 unspecified atom stereocenters. The van der Waals surface area contributed by atoms with Crippen molar-refractivity contribution in [3.8, 4) is 33.4 Å². The molecule has 2 heteroatoms. The zero-order chi connectivity index (χ0) is 44.0. The highest BCUT2D eigenvalue weighted by molar-refractivity contribution is 6.19. The second kappa shape index (κ2) is 13.2. The van der Waals surface area contributed by atoms with Gasteiger partial charge < -0.3 is 9.32 Å². The molecule has 0 N–H and O–H groups in total.